The number of hydrogen-bond acceptors (Lipinski definition) is 17. The minimum atomic E-state index is -0.463. The fourth-order valence-electron chi connectivity index (χ4n) is 8.98. The lowest BCUT2D eigenvalue weighted by Gasteiger charge is -2.27. The van der Waals surface area contributed by atoms with Gasteiger partial charge in [-0.1, -0.05) is 36.6 Å². The Hall–Kier alpha value is -7.53. The first kappa shape index (κ1) is 57.2. The van der Waals surface area contributed by atoms with E-state index in [1.165, 1.54) is 17.4 Å². The van der Waals surface area contributed by atoms with Crippen molar-refractivity contribution in [1.29, 1.82) is 0 Å². The van der Waals surface area contributed by atoms with E-state index in [0.29, 0.717) is 111 Å². The fourth-order valence-corrected chi connectivity index (χ4v) is 9.79. The number of carbonyl (C=O) groups is 5. The highest BCUT2D eigenvalue weighted by Crippen LogP contribution is 2.34. The van der Waals surface area contributed by atoms with Crippen LogP contribution in [-0.4, -0.2) is 80.7 Å². The molecule has 2 aliphatic carbocycles. The maximum Gasteiger partial charge on any atom is 0.338 e. The Morgan fingerprint density at radius 1 is 0.571 bits per heavy atom. The minimum absolute atomic E-state index is 0.185. The molecule has 2 aliphatic rings. The van der Waals surface area contributed by atoms with E-state index >= 15 is 0 Å². The van der Waals surface area contributed by atoms with Gasteiger partial charge in [-0.05, 0) is 187 Å². The number of nitrogens with one attached hydrogen (secondary N) is 1. The molecule has 0 bridgehead atoms. The molecule has 16 nitrogen and oxygen atoms in total. The molecular weight excluding hydrogens is 1000 g/mol. The summed E-state index contributed by atoms with van der Waals surface area (Å²) in [4.78, 5) is 65.7. The number of esters is 5. The van der Waals surface area contributed by atoms with Crippen LogP contribution in [0.15, 0.2) is 121 Å². The predicted molar refractivity (Wildman–Crippen MR) is 294 cm³/mol. The summed E-state index contributed by atoms with van der Waals surface area (Å²) < 4.78 is 46.5. The smallest absolute Gasteiger partial charge is 0.338 e. The summed E-state index contributed by atoms with van der Waals surface area (Å²) in [5.74, 6) is 1.14. The number of anilines is 1. The lowest BCUT2D eigenvalue weighted by molar-refractivity contribution is -0.141. The molecule has 408 valence electrons. The maximum absolute atomic E-state index is 13.2. The van der Waals surface area contributed by atoms with Crippen molar-refractivity contribution in [1.82, 2.24) is 4.98 Å². The zero-order chi connectivity index (χ0) is 54.0. The SMILES string of the molecule is C=CC(=O)OCCCCCCOc1ccc(OC(=O)C2CCC(COc3ccc(OCC4CCC(C(=O)Oc5ccc(C(=O)OCCCCCOC(=O)C=C)cc5)CC4)c(/C=N/Nc4nc5ccccc5s4)c3)CC2)cc1. The van der Waals surface area contributed by atoms with Gasteiger partial charge in [0.15, 0.2) is 0 Å². The molecule has 2 saturated carbocycles. The minimum Gasteiger partial charge on any atom is -0.494 e. The van der Waals surface area contributed by atoms with Gasteiger partial charge >= 0.3 is 29.8 Å². The Bertz CT molecular complexity index is 2710. The van der Waals surface area contributed by atoms with Crippen LogP contribution in [0, 0.1) is 23.7 Å². The highest BCUT2D eigenvalue weighted by atomic mass is 32.1. The van der Waals surface area contributed by atoms with Crippen molar-refractivity contribution in [2.24, 2.45) is 28.8 Å². The topological polar surface area (TPSA) is 196 Å². The van der Waals surface area contributed by atoms with Crippen molar-refractivity contribution in [2.75, 3.05) is 45.1 Å². The third kappa shape index (κ3) is 19.2. The summed E-state index contributed by atoms with van der Waals surface area (Å²) in [6.07, 6.45) is 15.6. The Labute approximate surface area is 454 Å². The number of hydrogen-bond donors (Lipinski definition) is 1. The largest absolute Gasteiger partial charge is 0.494 e. The number of benzene rings is 4. The van der Waals surface area contributed by atoms with Crippen LogP contribution in [0.2, 0.25) is 0 Å². The number of carbonyl (C=O) groups excluding carboxylic acids is 5. The molecule has 0 radical (unpaired) electrons. The quantitative estimate of drug-likeness (QED) is 0.00866. The van der Waals surface area contributed by atoms with E-state index in [1.807, 2.05) is 54.6 Å². The van der Waals surface area contributed by atoms with Crippen molar-refractivity contribution in [3.63, 3.8) is 0 Å². The molecule has 1 N–H and O–H groups in total. The number of aromatic nitrogens is 1. The Morgan fingerprint density at radius 2 is 1.09 bits per heavy atom. The monoisotopic (exact) mass is 1070 g/mol. The van der Waals surface area contributed by atoms with Crippen molar-refractivity contribution in [2.45, 2.75) is 96.3 Å². The van der Waals surface area contributed by atoms with Gasteiger partial charge in [0.1, 0.15) is 28.7 Å². The third-order valence-corrected chi connectivity index (χ3v) is 14.4. The maximum atomic E-state index is 13.2. The van der Waals surface area contributed by atoms with E-state index in [2.05, 4.69) is 28.7 Å². The fraction of sp³-hybridized carbons (Fsp3) is 0.417. The zero-order valence-electron chi connectivity index (χ0n) is 43.6. The van der Waals surface area contributed by atoms with Crippen molar-refractivity contribution < 1.29 is 61.9 Å². The molecule has 17 heteroatoms. The van der Waals surface area contributed by atoms with E-state index in [4.69, 9.17) is 37.9 Å². The van der Waals surface area contributed by atoms with Gasteiger partial charge in [-0.3, -0.25) is 15.0 Å². The first-order valence-electron chi connectivity index (χ1n) is 26.7. The molecule has 0 unspecified atom stereocenters. The van der Waals surface area contributed by atoms with Gasteiger partial charge in [0.2, 0.25) is 5.13 Å². The number of para-hydroxylation sites is 1. The lowest BCUT2D eigenvalue weighted by Crippen LogP contribution is -2.28. The van der Waals surface area contributed by atoms with Gasteiger partial charge in [-0.25, -0.2) is 19.4 Å². The molecule has 77 heavy (non-hydrogen) atoms. The Morgan fingerprint density at radius 3 is 1.69 bits per heavy atom. The Kier molecular flexibility index (Phi) is 22.9. The van der Waals surface area contributed by atoms with Crippen LogP contribution in [0.25, 0.3) is 10.2 Å². The van der Waals surface area contributed by atoms with Gasteiger partial charge < -0.3 is 37.9 Å². The number of nitrogens with zero attached hydrogens (tertiary/aromatic N) is 2. The number of rotatable bonds is 30. The van der Waals surface area contributed by atoms with E-state index < -0.39 is 17.9 Å². The van der Waals surface area contributed by atoms with Crippen LogP contribution in [0.1, 0.15) is 112 Å². The van der Waals surface area contributed by atoms with E-state index in [1.54, 1.807) is 42.6 Å². The van der Waals surface area contributed by atoms with Gasteiger partial charge in [-0.2, -0.15) is 5.10 Å². The molecule has 0 saturated heterocycles. The van der Waals surface area contributed by atoms with Crippen molar-refractivity contribution in [3.05, 3.63) is 127 Å². The standard InChI is InChI=1S/C60H69N3O13S/c1-3-55(64)70-35-11-6-5-10-34-69-48-28-30-50(31-29-48)76-59(68)45-20-16-42(17-21-45)40-73-51-32-33-53(47(38-51)39-61-63-60-62-52-14-8-9-15-54(52)77-60)74-41-43-18-22-46(23-19-43)58(67)75-49-26-24-44(25-27-49)57(66)72-37-13-7-12-36-71-56(65)4-2/h3-4,8-9,14-15,24-33,38-39,42-43,45-46H,1-2,5-7,10-13,16-23,34-37,40-41H2,(H,62,63)/b61-39+. The highest BCUT2D eigenvalue weighted by molar-refractivity contribution is 7.22. The van der Waals surface area contributed by atoms with Gasteiger partial charge in [0.05, 0.1) is 73.5 Å². The normalized spacial score (nSPS) is 17.1. The van der Waals surface area contributed by atoms with Crippen molar-refractivity contribution >= 4 is 62.7 Å². The molecule has 1 aromatic heterocycles. The molecule has 0 atom stereocenters. The van der Waals surface area contributed by atoms with E-state index in [-0.39, 0.29) is 42.2 Å². The zero-order valence-corrected chi connectivity index (χ0v) is 44.4. The number of unbranched alkanes of at least 4 members (excludes halogenated alkanes) is 5. The van der Waals surface area contributed by atoms with Crippen LogP contribution >= 0.6 is 11.3 Å². The second kappa shape index (κ2) is 30.9. The predicted octanol–water partition coefficient (Wildman–Crippen LogP) is 12.0. The van der Waals surface area contributed by atoms with Crippen LogP contribution in [0.5, 0.6) is 28.7 Å². The van der Waals surface area contributed by atoms with Gasteiger partial charge in [0.25, 0.3) is 0 Å². The van der Waals surface area contributed by atoms with E-state index in [0.717, 1.165) is 79.6 Å². The lowest BCUT2D eigenvalue weighted by atomic mass is 9.82. The molecule has 5 aromatic rings. The van der Waals surface area contributed by atoms with Gasteiger partial charge in [0, 0.05) is 17.7 Å². The summed E-state index contributed by atoms with van der Waals surface area (Å²) in [5, 5.41) is 5.20. The molecule has 0 spiro atoms. The summed E-state index contributed by atoms with van der Waals surface area (Å²) in [5.41, 5.74) is 5.06. The molecule has 0 amide bonds. The number of fused-ring (bicyclic) bond motifs is 1. The summed E-state index contributed by atoms with van der Waals surface area (Å²) in [6, 6.07) is 27.1. The highest BCUT2D eigenvalue weighted by Gasteiger charge is 2.30. The molecule has 4 aromatic carbocycles. The van der Waals surface area contributed by atoms with Crippen LogP contribution in [-0.2, 0) is 33.4 Å². The third-order valence-electron chi connectivity index (χ3n) is 13.5. The number of thiazole rings is 1. The summed E-state index contributed by atoms with van der Waals surface area (Å²) in [7, 11) is 0. The molecule has 7 rings (SSSR count). The van der Waals surface area contributed by atoms with Crippen LogP contribution in [0.3, 0.4) is 0 Å². The Balaban J connectivity index is 0.827. The molecular formula is C60H69N3O13S. The van der Waals surface area contributed by atoms with Crippen LogP contribution < -0.4 is 29.1 Å². The second-order valence-electron chi connectivity index (χ2n) is 19.2. The average Bonchev–Trinajstić information content (AvgIpc) is 3.88. The first-order valence-corrected chi connectivity index (χ1v) is 27.5. The average molecular weight is 1070 g/mol. The summed E-state index contributed by atoms with van der Waals surface area (Å²) >= 11 is 1.51. The van der Waals surface area contributed by atoms with E-state index in [9.17, 15) is 24.0 Å². The summed E-state index contributed by atoms with van der Waals surface area (Å²) in [6.45, 7) is 9.21. The molecule has 2 fully saturated rings. The van der Waals surface area contributed by atoms with Crippen molar-refractivity contribution in [3.8, 4) is 28.7 Å². The molecule has 0 aliphatic heterocycles. The molecule has 1 heterocycles. The van der Waals surface area contributed by atoms with Gasteiger partial charge in [-0.15, -0.1) is 0 Å². The second-order valence-corrected chi connectivity index (χ2v) is 20.2. The number of hydrazone groups is 1. The van der Waals surface area contributed by atoms with Crippen LogP contribution in [0.4, 0.5) is 5.13 Å². The first-order chi connectivity index (χ1) is 37.6. The number of ether oxygens (including phenoxy) is 8.